The number of nitrogens with one attached hydrogen (secondary N) is 1. The number of hydrogen-bond acceptors (Lipinski definition) is 7. The number of benzene rings is 1. The van der Waals surface area contributed by atoms with Crippen molar-refractivity contribution in [3.63, 3.8) is 0 Å². The highest BCUT2D eigenvalue weighted by molar-refractivity contribution is 7.19. The molecule has 35 heavy (non-hydrogen) atoms. The van der Waals surface area contributed by atoms with E-state index in [1.165, 1.54) is 28.2 Å². The third-order valence-electron chi connectivity index (χ3n) is 5.90. The number of hydrogen-bond donors (Lipinski definition) is 2. The fourth-order valence-corrected chi connectivity index (χ4v) is 5.20. The second-order valence-corrected chi connectivity index (χ2v) is 9.35. The second kappa shape index (κ2) is 9.92. The lowest BCUT2D eigenvalue weighted by Crippen LogP contribution is -2.49. The predicted molar refractivity (Wildman–Crippen MR) is 133 cm³/mol. The minimum absolute atomic E-state index is 0.0301. The summed E-state index contributed by atoms with van der Waals surface area (Å²) in [5.41, 5.74) is 1.04. The van der Waals surface area contributed by atoms with Crippen molar-refractivity contribution in [3.8, 4) is 23.1 Å². The maximum atomic E-state index is 15.3. The van der Waals surface area contributed by atoms with Gasteiger partial charge in [-0.25, -0.2) is 9.37 Å². The Morgan fingerprint density at radius 1 is 1.37 bits per heavy atom. The van der Waals surface area contributed by atoms with Crippen LogP contribution in [0.3, 0.4) is 0 Å². The Bertz CT molecular complexity index is 1450. The molecule has 3 aromatic heterocycles. The van der Waals surface area contributed by atoms with Crippen LogP contribution in [0.2, 0.25) is 0 Å². The van der Waals surface area contributed by atoms with Crippen molar-refractivity contribution in [3.05, 3.63) is 59.0 Å². The molecule has 0 aliphatic carbocycles. The van der Waals surface area contributed by atoms with E-state index in [-0.39, 0.29) is 18.2 Å². The van der Waals surface area contributed by atoms with Gasteiger partial charge in [-0.1, -0.05) is 23.1 Å². The van der Waals surface area contributed by atoms with Crippen LogP contribution >= 0.6 is 11.3 Å². The molecule has 0 saturated carbocycles. The van der Waals surface area contributed by atoms with Crippen molar-refractivity contribution in [2.75, 3.05) is 24.6 Å². The molecule has 1 aromatic carbocycles. The van der Waals surface area contributed by atoms with Crippen LogP contribution in [-0.2, 0) is 7.05 Å². The van der Waals surface area contributed by atoms with Gasteiger partial charge in [0.25, 0.3) is 5.91 Å². The Hall–Kier alpha value is -3.65. The quantitative estimate of drug-likeness (QED) is 0.427. The van der Waals surface area contributed by atoms with Gasteiger partial charge in [0, 0.05) is 35.4 Å². The van der Waals surface area contributed by atoms with Crippen LogP contribution in [0.25, 0.3) is 21.3 Å². The molecule has 8 nitrogen and oxygen atoms in total. The van der Waals surface area contributed by atoms with E-state index in [0.717, 1.165) is 34.3 Å². The van der Waals surface area contributed by atoms with Crippen LogP contribution in [0.15, 0.2) is 42.7 Å². The van der Waals surface area contributed by atoms with Crippen molar-refractivity contribution in [1.82, 2.24) is 25.3 Å². The van der Waals surface area contributed by atoms with Crippen LogP contribution in [-0.4, -0.2) is 56.7 Å². The number of carbonyl (C=O) groups is 1. The Balaban J connectivity index is 1.58. The molecule has 5 rings (SSSR count). The number of aromatic nitrogens is 4. The van der Waals surface area contributed by atoms with Gasteiger partial charge in [-0.15, -0.1) is 16.4 Å². The number of carbonyl (C=O) groups excluding carboxylic acids is 1. The summed E-state index contributed by atoms with van der Waals surface area (Å²) in [6, 6.07) is 8.05. The molecule has 1 saturated heterocycles. The number of rotatable bonds is 4. The molecular weight excluding hydrogens is 467 g/mol. The molecule has 0 spiro atoms. The lowest BCUT2D eigenvalue weighted by atomic mass is 10.0. The van der Waals surface area contributed by atoms with E-state index < -0.39 is 11.7 Å². The van der Waals surface area contributed by atoms with Gasteiger partial charge in [0.05, 0.1) is 22.7 Å². The summed E-state index contributed by atoms with van der Waals surface area (Å²) in [6.07, 6.45) is 5.02. The Labute approximate surface area is 205 Å². The average molecular weight is 491 g/mol. The van der Waals surface area contributed by atoms with Crippen molar-refractivity contribution >= 4 is 33.1 Å². The summed E-state index contributed by atoms with van der Waals surface area (Å²) in [7, 11) is 1.74. The molecule has 4 heterocycles. The highest BCUT2D eigenvalue weighted by atomic mass is 32.1. The first-order valence-electron chi connectivity index (χ1n) is 11.2. The summed E-state index contributed by atoms with van der Waals surface area (Å²) in [5.74, 6) is 4.99. The van der Waals surface area contributed by atoms with E-state index in [0.29, 0.717) is 23.6 Å². The molecule has 1 aliphatic heterocycles. The van der Waals surface area contributed by atoms with Crippen molar-refractivity contribution < 1.29 is 14.3 Å². The number of piperidine rings is 1. The first-order valence-corrected chi connectivity index (χ1v) is 12.1. The Morgan fingerprint density at radius 2 is 2.26 bits per heavy atom. The second-order valence-electron chi connectivity index (χ2n) is 8.26. The lowest BCUT2D eigenvalue weighted by molar-refractivity contribution is 0.0968. The molecule has 1 aliphatic rings. The zero-order valence-corrected chi connectivity index (χ0v) is 19.8. The molecule has 0 unspecified atom stereocenters. The van der Waals surface area contributed by atoms with Crippen molar-refractivity contribution in [2.45, 2.75) is 18.9 Å². The standard InChI is InChI=1S/C25H23FN6O2S/c1-31-15-22(29-30-31)16-6-7-19(21(26)12-16)25(34)32(17-4-2-9-27-14-17)24-20-13-18(5-3-11-33)35-23(20)8-10-28-24/h6-8,10,12-13,15,17,27,33H,2,4,9,11,14H2,1H3/t17-/m1/s1. The van der Waals surface area contributed by atoms with E-state index in [4.69, 9.17) is 5.11 Å². The average Bonchev–Trinajstić information content (AvgIpc) is 3.50. The van der Waals surface area contributed by atoms with Gasteiger partial charge in [-0.3, -0.25) is 14.4 Å². The third-order valence-corrected chi connectivity index (χ3v) is 6.91. The highest BCUT2D eigenvalue weighted by Crippen LogP contribution is 2.34. The fraction of sp³-hybridized carbons (Fsp3) is 0.280. The molecular formula is C25H23FN6O2S. The highest BCUT2D eigenvalue weighted by Gasteiger charge is 2.31. The van der Waals surface area contributed by atoms with Gasteiger partial charge in [0.1, 0.15) is 23.9 Å². The summed E-state index contributed by atoms with van der Waals surface area (Å²) in [6.45, 7) is 1.22. The van der Waals surface area contributed by atoms with E-state index in [1.54, 1.807) is 30.4 Å². The van der Waals surface area contributed by atoms with Gasteiger partial charge in [0.2, 0.25) is 0 Å². The molecule has 2 N–H and O–H groups in total. The largest absolute Gasteiger partial charge is 0.384 e. The Morgan fingerprint density at radius 3 is 2.97 bits per heavy atom. The first kappa shape index (κ1) is 23.1. The molecule has 10 heteroatoms. The maximum absolute atomic E-state index is 15.3. The monoisotopic (exact) mass is 490 g/mol. The van der Waals surface area contributed by atoms with Crippen LogP contribution in [0.5, 0.6) is 0 Å². The van der Waals surface area contributed by atoms with Gasteiger partial charge in [0.15, 0.2) is 0 Å². The zero-order chi connectivity index (χ0) is 24.4. The van der Waals surface area contributed by atoms with Gasteiger partial charge >= 0.3 is 0 Å². The molecule has 4 aromatic rings. The summed E-state index contributed by atoms with van der Waals surface area (Å²) < 4.78 is 17.8. The number of nitrogens with zero attached hydrogens (tertiary/aromatic N) is 5. The number of halogens is 1. The number of aryl methyl sites for hydroxylation is 1. The summed E-state index contributed by atoms with van der Waals surface area (Å²) in [4.78, 5) is 20.8. The zero-order valence-electron chi connectivity index (χ0n) is 19.0. The minimum atomic E-state index is -0.626. The third kappa shape index (κ3) is 4.66. The molecule has 1 amide bonds. The van der Waals surface area contributed by atoms with Gasteiger partial charge < -0.3 is 10.4 Å². The number of aliphatic hydroxyl groups is 1. The topological polar surface area (TPSA) is 96.2 Å². The van der Waals surface area contributed by atoms with E-state index >= 15 is 4.39 Å². The summed E-state index contributed by atoms with van der Waals surface area (Å²) in [5, 5.41) is 21.1. The van der Waals surface area contributed by atoms with Gasteiger partial charge in [-0.2, -0.15) is 0 Å². The van der Waals surface area contributed by atoms with Crippen LogP contribution < -0.4 is 10.2 Å². The normalized spacial score (nSPS) is 15.6. The van der Waals surface area contributed by atoms with Crippen LogP contribution in [0.1, 0.15) is 28.1 Å². The smallest absolute Gasteiger partial charge is 0.262 e. The first-order chi connectivity index (χ1) is 17.0. The van der Waals surface area contributed by atoms with Gasteiger partial charge in [-0.05, 0) is 43.7 Å². The number of amides is 1. The number of fused-ring (bicyclic) bond motifs is 1. The molecule has 1 atom stereocenters. The SMILES string of the molecule is Cn1cc(-c2ccc(C(=O)N(c3nccc4sc(C#CCO)cc34)[C@@H]3CCCNC3)c(F)c2)nn1. The van der Waals surface area contributed by atoms with Crippen LogP contribution in [0.4, 0.5) is 10.2 Å². The maximum Gasteiger partial charge on any atom is 0.262 e. The molecule has 178 valence electrons. The molecule has 1 fully saturated rings. The molecule has 0 bridgehead atoms. The Kier molecular flexibility index (Phi) is 6.55. The van der Waals surface area contributed by atoms with E-state index in [1.807, 2.05) is 12.1 Å². The van der Waals surface area contributed by atoms with Crippen molar-refractivity contribution in [1.29, 1.82) is 0 Å². The lowest BCUT2D eigenvalue weighted by Gasteiger charge is -2.34. The fourth-order valence-electron chi connectivity index (χ4n) is 4.27. The van der Waals surface area contributed by atoms with Crippen LogP contribution in [0, 0.1) is 17.7 Å². The summed E-state index contributed by atoms with van der Waals surface area (Å²) >= 11 is 1.46. The molecule has 0 radical (unpaired) electrons. The number of thiophene rings is 1. The number of pyridine rings is 1. The number of anilines is 1. The number of aliphatic hydroxyl groups excluding tert-OH is 1. The minimum Gasteiger partial charge on any atom is -0.384 e. The predicted octanol–water partition coefficient (Wildman–Crippen LogP) is 2.97. The van der Waals surface area contributed by atoms with E-state index in [9.17, 15) is 4.79 Å². The van der Waals surface area contributed by atoms with E-state index in [2.05, 4.69) is 32.5 Å². The van der Waals surface area contributed by atoms with Crippen molar-refractivity contribution in [2.24, 2.45) is 7.05 Å².